The van der Waals surface area contributed by atoms with E-state index in [0.29, 0.717) is 5.92 Å². The largest absolute Gasteiger partial charge is 0.343 e. The molecule has 1 fully saturated rings. The Kier molecular flexibility index (Phi) is 4.69. The van der Waals surface area contributed by atoms with Gasteiger partial charge in [0.05, 0.1) is 11.4 Å². The second-order valence-corrected chi connectivity index (χ2v) is 6.04. The predicted molar refractivity (Wildman–Crippen MR) is 87.6 cm³/mol. The topological polar surface area (TPSA) is 63.9 Å². The van der Waals surface area contributed by atoms with Crippen molar-refractivity contribution < 1.29 is 4.79 Å². The first-order valence-electron chi connectivity index (χ1n) is 8.26. The number of nitrogens with zero attached hydrogens (tertiary/aromatic N) is 5. The second kappa shape index (κ2) is 6.89. The fourth-order valence-electron chi connectivity index (χ4n) is 3.24. The van der Waals surface area contributed by atoms with Crippen LogP contribution in [0.4, 0.5) is 0 Å². The van der Waals surface area contributed by atoms with Crippen LogP contribution in [0.3, 0.4) is 0 Å². The van der Waals surface area contributed by atoms with Crippen molar-refractivity contribution in [3.05, 3.63) is 30.4 Å². The monoisotopic (exact) mass is 313 g/mol. The van der Waals surface area contributed by atoms with Crippen LogP contribution in [-0.4, -0.2) is 43.6 Å². The normalized spacial score (nSPS) is 15.8. The molecule has 3 rings (SSSR count). The highest BCUT2D eigenvalue weighted by Gasteiger charge is 2.23. The molecule has 1 amide bonds. The lowest BCUT2D eigenvalue weighted by molar-refractivity contribution is -0.130. The molecule has 0 aliphatic carbocycles. The van der Waals surface area contributed by atoms with E-state index >= 15 is 0 Å². The Labute approximate surface area is 136 Å². The van der Waals surface area contributed by atoms with Crippen LogP contribution in [0.25, 0.3) is 11.4 Å². The number of aryl methyl sites for hydroxylation is 1. The van der Waals surface area contributed by atoms with Crippen LogP contribution in [0.2, 0.25) is 0 Å². The van der Waals surface area contributed by atoms with Gasteiger partial charge in [-0.05, 0) is 38.2 Å². The molecule has 0 N–H and O–H groups in total. The van der Waals surface area contributed by atoms with Gasteiger partial charge in [0.15, 0.2) is 0 Å². The summed E-state index contributed by atoms with van der Waals surface area (Å²) in [7, 11) is 0. The molecule has 6 nitrogen and oxygen atoms in total. The number of aromatic nitrogens is 4. The van der Waals surface area contributed by atoms with E-state index in [1.54, 1.807) is 19.3 Å². The van der Waals surface area contributed by atoms with Crippen molar-refractivity contribution in [2.24, 2.45) is 5.92 Å². The highest BCUT2D eigenvalue weighted by Crippen LogP contribution is 2.26. The number of piperidine rings is 1. The van der Waals surface area contributed by atoms with Gasteiger partial charge in [0, 0.05) is 45.1 Å². The number of carbonyl (C=O) groups excluding carboxylic acids is 1. The zero-order valence-corrected chi connectivity index (χ0v) is 13.8. The maximum absolute atomic E-state index is 11.4. The first kappa shape index (κ1) is 15.6. The fraction of sp³-hybridized carbons (Fsp3) is 0.529. The van der Waals surface area contributed by atoms with Crippen molar-refractivity contribution >= 4 is 5.91 Å². The van der Waals surface area contributed by atoms with E-state index in [4.69, 9.17) is 0 Å². The van der Waals surface area contributed by atoms with Gasteiger partial charge in [0.25, 0.3) is 0 Å². The Morgan fingerprint density at radius 1 is 1.22 bits per heavy atom. The van der Waals surface area contributed by atoms with E-state index in [1.807, 2.05) is 21.8 Å². The number of hydrogen-bond acceptors (Lipinski definition) is 4. The second-order valence-electron chi connectivity index (χ2n) is 6.04. The van der Waals surface area contributed by atoms with Gasteiger partial charge in [-0.2, -0.15) is 5.10 Å². The van der Waals surface area contributed by atoms with E-state index in [0.717, 1.165) is 56.0 Å². The SMILES string of the molecule is CCn1nccc1-c1nccnc1CC1CCN(C(C)=O)CC1. The lowest BCUT2D eigenvalue weighted by Gasteiger charge is -2.31. The summed E-state index contributed by atoms with van der Waals surface area (Å²) in [5.74, 6) is 0.731. The molecule has 0 radical (unpaired) electrons. The minimum absolute atomic E-state index is 0.176. The van der Waals surface area contributed by atoms with Crippen molar-refractivity contribution in [2.75, 3.05) is 13.1 Å². The van der Waals surface area contributed by atoms with Gasteiger partial charge in [-0.15, -0.1) is 0 Å². The molecule has 0 aromatic carbocycles. The van der Waals surface area contributed by atoms with E-state index in [1.165, 1.54) is 0 Å². The van der Waals surface area contributed by atoms with Crippen LogP contribution in [-0.2, 0) is 17.8 Å². The number of hydrogen-bond donors (Lipinski definition) is 0. The Balaban J connectivity index is 1.76. The van der Waals surface area contributed by atoms with Crippen molar-refractivity contribution in [3.8, 4) is 11.4 Å². The van der Waals surface area contributed by atoms with Crippen LogP contribution in [0, 0.1) is 5.92 Å². The Morgan fingerprint density at radius 2 is 1.96 bits per heavy atom. The third-order valence-electron chi connectivity index (χ3n) is 4.57. The molecule has 0 bridgehead atoms. The van der Waals surface area contributed by atoms with E-state index < -0.39 is 0 Å². The van der Waals surface area contributed by atoms with Crippen LogP contribution >= 0.6 is 0 Å². The highest BCUT2D eigenvalue weighted by molar-refractivity contribution is 5.73. The average molecular weight is 313 g/mol. The van der Waals surface area contributed by atoms with Gasteiger partial charge in [-0.3, -0.25) is 19.4 Å². The van der Waals surface area contributed by atoms with Crippen LogP contribution in [0.1, 0.15) is 32.4 Å². The molecule has 0 atom stereocenters. The fourth-order valence-corrected chi connectivity index (χ4v) is 3.24. The standard InChI is InChI=1S/C17H23N5O/c1-3-22-16(4-7-20-22)17-15(18-8-9-19-17)12-14-5-10-21(11-6-14)13(2)23/h4,7-9,14H,3,5-6,10-12H2,1-2H3. The van der Waals surface area contributed by atoms with Crippen molar-refractivity contribution in [1.82, 2.24) is 24.6 Å². The van der Waals surface area contributed by atoms with E-state index in [2.05, 4.69) is 22.0 Å². The Bertz CT molecular complexity index is 673. The molecule has 2 aromatic heterocycles. The summed E-state index contributed by atoms with van der Waals surface area (Å²) >= 11 is 0. The Hall–Kier alpha value is -2.24. The third kappa shape index (κ3) is 3.41. The minimum atomic E-state index is 0.176. The van der Waals surface area contributed by atoms with Gasteiger partial charge in [0.2, 0.25) is 5.91 Å². The molecule has 0 unspecified atom stereocenters. The van der Waals surface area contributed by atoms with Gasteiger partial charge in [0.1, 0.15) is 5.69 Å². The predicted octanol–water partition coefficient (Wildman–Crippen LogP) is 2.16. The smallest absolute Gasteiger partial charge is 0.219 e. The molecule has 23 heavy (non-hydrogen) atoms. The Morgan fingerprint density at radius 3 is 2.65 bits per heavy atom. The summed E-state index contributed by atoms with van der Waals surface area (Å²) in [6.07, 6.45) is 8.28. The maximum Gasteiger partial charge on any atom is 0.219 e. The molecule has 1 saturated heterocycles. The van der Waals surface area contributed by atoms with Gasteiger partial charge in [-0.25, -0.2) is 0 Å². The molecular formula is C17H23N5O. The number of likely N-dealkylation sites (tertiary alicyclic amines) is 1. The van der Waals surface area contributed by atoms with Crippen molar-refractivity contribution in [1.29, 1.82) is 0 Å². The van der Waals surface area contributed by atoms with Crippen LogP contribution in [0.5, 0.6) is 0 Å². The quantitative estimate of drug-likeness (QED) is 0.867. The van der Waals surface area contributed by atoms with Crippen LogP contribution in [0.15, 0.2) is 24.7 Å². The van der Waals surface area contributed by atoms with Crippen molar-refractivity contribution in [3.63, 3.8) is 0 Å². The summed E-state index contributed by atoms with van der Waals surface area (Å²) in [6, 6.07) is 2.00. The zero-order chi connectivity index (χ0) is 16.2. The molecule has 6 heteroatoms. The highest BCUT2D eigenvalue weighted by atomic mass is 16.2. The first-order chi connectivity index (χ1) is 11.2. The van der Waals surface area contributed by atoms with Crippen molar-refractivity contribution in [2.45, 2.75) is 39.7 Å². The zero-order valence-electron chi connectivity index (χ0n) is 13.8. The molecular weight excluding hydrogens is 290 g/mol. The van der Waals surface area contributed by atoms with E-state index in [-0.39, 0.29) is 5.91 Å². The molecule has 1 aliphatic heterocycles. The molecule has 0 spiro atoms. The van der Waals surface area contributed by atoms with Gasteiger partial charge >= 0.3 is 0 Å². The minimum Gasteiger partial charge on any atom is -0.343 e. The summed E-state index contributed by atoms with van der Waals surface area (Å²) in [6.45, 7) is 6.23. The average Bonchev–Trinajstić information content (AvgIpc) is 3.04. The first-order valence-corrected chi connectivity index (χ1v) is 8.26. The number of amides is 1. The summed E-state index contributed by atoms with van der Waals surface area (Å²) < 4.78 is 1.95. The van der Waals surface area contributed by atoms with Crippen LogP contribution < -0.4 is 0 Å². The number of carbonyl (C=O) groups is 1. The molecule has 3 heterocycles. The lowest BCUT2D eigenvalue weighted by Crippen LogP contribution is -2.37. The van der Waals surface area contributed by atoms with E-state index in [9.17, 15) is 4.79 Å². The molecule has 0 saturated carbocycles. The van der Waals surface area contributed by atoms with Gasteiger partial charge in [-0.1, -0.05) is 0 Å². The third-order valence-corrected chi connectivity index (χ3v) is 4.57. The summed E-state index contributed by atoms with van der Waals surface area (Å²) in [5.41, 5.74) is 2.99. The summed E-state index contributed by atoms with van der Waals surface area (Å²) in [5, 5.41) is 4.33. The molecule has 122 valence electrons. The molecule has 1 aliphatic rings. The lowest BCUT2D eigenvalue weighted by atomic mass is 9.91. The maximum atomic E-state index is 11.4. The number of rotatable bonds is 4. The summed E-state index contributed by atoms with van der Waals surface area (Å²) in [4.78, 5) is 22.5. The van der Waals surface area contributed by atoms with Gasteiger partial charge < -0.3 is 4.90 Å². The molecule has 2 aromatic rings.